The van der Waals surface area contributed by atoms with E-state index in [9.17, 15) is 9.59 Å². The van der Waals surface area contributed by atoms with Crippen LogP contribution >= 0.6 is 23.6 Å². The number of nitrogens with zero attached hydrogens (tertiary/aromatic N) is 1. The van der Waals surface area contributed by atoms with Crippen LogP contribution in [0.4, 0.5) is 0 Å². The number of carbonyl (C=O) groups is 2. The van der Waals surface area contributed by atoms with Gasteiger partial charge >= 0.3 is 0 Å². The van der Waals surface area contributed by atoms with Crippen LogP contribution in [0.1, 0.15) is 5.56 Å². The SMILES string of the molecule is C=CCN1C(=O)/C(=C/c2ccsc2)C(=O)NC1=S. The first-order chi connectivity index (χ1) is 8.63. The number of amides is 2. The molecule has 0 atom stereocenters. The van der Waals surface area contributed by atoms with E-state index in [4.69, 9.17) is 12.2 Å². The number of thiophene rings is 1. The smallest absolute Gasteiger partial charge is 0.265 e. The molecule has 0 radical (unpaired) electrons. The Kier molecular flexibility index (Phi) is 3.69. The normalized spacial score (nSPS) is 18.1. The van der Waals surface area contributed by atoms with E-state index in [-0.39, 0.29) is 17.2 Å². The predicted molar refractivity (Wildman–Crippen MR) is 74.9 cm³/mol. The third kappa shape index (κ3) is 2.39. The lowest BCUT2D eigenvalue weighted by Crippen LogP contribution is -2.53. The molecule has 0 bridgehead atoms. The molecule has 92 valence electrons. The molecule has 1 aromatic rings. The van der Waals surface area contributed by atoms with Crippen molar-refractivity contribution in [1.82, 2.24) is 10.2 Å². The second-order valence-electron chi connectivity index (χ2n) is 3.58. The highest BCUT2D eigenvalue weighted by Crippen LogP contribution is 2.16. The molecule has 1 fully saturated rings. The number of hydrogen-bond acceptors (Lipinski definition) is 4. The molecule has 2 rings (SSSR count). The summed E-state index contributed by atoms with van der Waals surface area (Å²) in [6.45, 7) is 3.84. The van der Waals surface area contributed by atoms with Gasteiger partial charge in [-0.1, -0.05) is 6.08 Å². The van der Waals surface area contributed by atoms with Gasteiger partial charge in [0.1, 0.15) is 5.57 Å². The van der Waals surface area contributed by atoms with E-state index in [0.29, 0.717) is 0 Å². The molecule has 2 heterocycles. The maximum absolute atomic E-state index is 12.1. The third-order valence-corrected chi connectivity index (χ3v) is 3.38. The standard InChI is InChI=1S/C12H10N2O2S2/c1-2-4-14-11(16)9(10(15)13-12(14)17)6-8-3-5-18-7-8/h2-3,5-7H,1,4H2,(H,13,15,17)/b9-6+. The molecule has 18 heavy (non-hydrogen) atoms. The van der Waals surface area contributed by atoms with Crippen LogP contribution in [0.2, 0.25) is 0 Å². The number of nitrogens with one attached hydrogen (secondary N) is 1. The zero-order chi connectivity index (χ0) is 13.1. The molecule has 1 aromatic heterocycles. The largest absolute Gasteiger partial charge is 0.298 e. The van der Waals surface area contributed by atoms with Crippen molar-refractivity contribution in [2.24, 2.45) is 0 Å². The van der Waals surface area contributed by atoms with Crippen molar-refractivity contribution in [3.05, 3.63) is 40.6 Å². The second kappa shape index (κ2) is 5.24. The summed E-state index contributed by atoms with van der Waals surface area (Å²) in [7, 11) is 0. The summed E-state index contributed by atoms with van der Waals surface area (Å²) in [5, 5.41) is 6.35. The third-order valence-electron chi connectivity index (χ3n) is 2.35. The first-order valence-corrected chi connectivity index (χ1v) is 6.50. The van der Waals surface area contributed by atoms with E-state index in [0.717, 1.165) is 5.56 Å². The number of thiocarbonyl (C=S) groups is 1. The van der Waals surface area contributed by atoms with Crippen LogP contribution in [-0.2, 0) is 9.59 Å². The molecule has 2 amide bonds. The van der Waals surface area contributed by atoms with Gasteiger partial charge in [-0.3, -0.25) is 19.8 Å². The van der Waals surface area contributed by atoms with Gasteiger partial charge in [-0.25, -0.2) is 0 Å². The monoisotopic (exact) mass is 278 g/mol. The lowest BCUT2D eigenvalue weighted by atomic mass is 10.1. The van der Waals surface area contributed by atoms with Crippen LogP contribution in [0.15, 0.2) is 35.1 Å². The summed E-state index contributed by atoms with van der Waals surface area (Å²) in [4.78, 5) is 25.2. The quantitative estimate of drug-likeness (QED) is 0.395. The Morgan fingerprint density at radius 2 is 2.28 bits per heavy atom. The van der Waals surface area contributed by atoms with Crippen LogP contribution in [0, 0.1) is 0 Å². The van der Waals surface area contributed by atoms with Crippen molar-refractivity contribution >= 4 is 46.6 Å². The summed E-state index contributed by atoms with van der Waals surface area (Å²) in [6.07, 6.45) is 3.12. The highest BCUT2D eigenvalue weighted by Gasteiger charge is 2.32. The second-order valence-corrected chi connectivity index (χ2v) is 4.75. The molecule has 0 spiro atoms. The average molecular weight is 278 g/mol. The Balaban J connectivity index is 2.35. The molecule has 0 unspecified atom stereocenters. The molecule has 0 aromatic carbocycles. The van der Waals surface area contributed by atoms with Crippen LogP contribution in [-0.4, -0.2) is 28.4 Å². The lowest BCUT2D eigenvalue weighted by molar-refractivity contribution is -0.128. The van der Waals surface area contributed by atoms with E-state index < -0.39 is 11.8 Å². The Labute approximate surface area is 114 Å². The fraction of sp³-hybridized carbons (Fsp3) is 0.0833. The van der Waals surface area contributed by atoms with Crippen molar-refractivity contribution in [1.29, 1.82) is 0 Å². The molecule has 1 aliphatic rings. The minimum Gasteiger partial charge on any atom is -0.298 e. The highest BCUT2D eigenvalue weighted by molar-refractivity contribution is 7.80. The first kappa shape index (κ1) is 12.7. The van der Waals surface area contributed by atoms with Gasteiger partial charge in [0.25, 0.3) is 11.8 Å². The Hall–Kier alpha value is -1.79. The van der Waals surface area contributed by atoms with E-state index >= 15 is 0 Å². The fourth-order valence-electron chi connectivity index (χ4n) is 1.51. The van der Waals surface area contributed by atoms with E-state index in [1.165, 1.54) is 16.2 Å². The van der Waals surface area contributed by atoms with Gasteiger partial charge < -0.3 is 0 Å². The zero-order valence-corrected chi connectivity index (χ0v) is 11.0. The summed E-state index contributed by atoms with van der Waals surface area (Å²) in [5.41, 5.74) is 0.911. The van der Waals surface area contributed by atoms with E-state index in [1.54, 1.807) is 12.2 Å². The minimum atomic E-state index is -0.462. The van der Waals surface area contributed by atoms with Crippen molar-refractivity contribution in [3.8, 4) is 0 Å². The summed E-state index contributed by atoms with van der Waals surface area (Å²) in [5.74, 6) is -0.855. The number of carbonyl (C=O) groups excluding carboxylic acids is 2. The van der Waals surface area contributed by atoms with Gasteiger partial charge in [0.05, 0.1) is 0 Å². The van der Waals surface area contributed by atoms with E-state index in [2.05, 4.69) is 11.9 Å². The Morgan fingerprint density at radius 1 is 1.50 bits per heavy atom. The molecule has 1 N–H and O–H groups in total. The molecule has 0 aliphatic carbocycles. The van der Waals surface area contributed by atoms with Gasteiger partial charge in [0.2, 0.25) is 0 Å². The van der Waals surface area contributed by atoms with Gasteiger partial charge in [-0.15, -0.1) is 6.58 Å². The van der Waals surface area contributed by atoms with E-state index in [1.807, 2.05) is 16.8 Å². The summed E-state index contributed by atoms with van der Waals surface area (Å²) < 4.78 is 0. The summed E-state index contributed by atoms with van der Waals surface area (Å²) in [6, 6.07) is 1.84. The molecule has 1 saturated heterocycles. The van der Waals surface area contributed by atoms with Crippen molar-refractivity contribution in [2.75, 3.05) is 6.54 Å². The predicted octanol–water partition coefficient (Wildman–Crippen LogP) is 1.56. The molecule has 0 saturated carbocycles. The molecule has 1 aliphatic heterocycles. The van der Waals surface area contributed by atoms with Crippen molar-refractivity contribution < 1.29 is 9.59 Å². The fourth-order valence-corrected chi connectivity index (χ4v) is 2.38. The molecule has 4 nitrogen and oxygen atoms in total. The molecule has 6 heteroatoms. The van der Waals surface area contributed by atoms with Gasteiger partial charge in [-0.2, -0.15) is 11.3 Å². The first-order valence-electron chi connectivity index (χ1n) is 5.15. The average Bonchev–Trinajstić information content (AvgIpc) is 2.83. The van der Waals surface area contributed by atoms with Gasteiger partial charge in [0, 0.05) is 6.54 Å². The maximum Gasteiger partial charge on any atom is 0.265 e. The van der Waals surface area contributed by atoms with Crippen LogP contribution in [0.25, 0.3) is 6.08 Å². The maximum atomic E-state index is 12.1. The van der Waals surface area contributed by atoms with Crippen LogP contribution < -0.4 is 5.32 Å². The summed E-state index contributed by atoms with van der Waals surface area (Å²) >= 11 is 6.45. The molecular formula is C12H10N2O2S2. The number of hydrogen-bond donors (Lipinski definition) is 1. The van der Waals surface area contributed by atoms with Crippen molar-refractivity contribution in [2.45, 2.75) is 0 Å². The van der Waals surface area contributed by atoms with Gasteiger partial charge in [0.15, 0.2) is 5.11 Å². The lowest BCUT2D eigenvalue weighted by Gasteiger charge is -2.27. The Bertz CT molecular complexity index is 546. The van der Waals surface area contributed by atoms with Crippen LogP contribution in [0.3, 0.4) is 0 Å². The van der Waals surface area contributed by atoms with Crippen molar-refractivity contribution in [3.63, 3.8) is 0 Å². The van der Waals surface area contributed by atoms with Crippen LogP contribution in [0.5, 0.6) is 0 Å². The Morgan fingerprint density at radius 3 is 2.89 bits per heavy atom. The highest BCUT2D eigenvalue weighted by atomic mass is 32.1. The minimum absolute atomic E-state index is 0.0869. The topological polar surface area (TPSA) is 49.4 Å². The number of rotatable bonds is 3. The molecular weight excluding hydrogens is 268 g/mol. The van der Waals surface area contributed by atoms with Gasteiger partial charge in [-0.05, 0) is 40.7 Å². The zero-order valence-electron chi connectivity index (χ0n) is 9.38.